The fraction of sp³-hybridized carbons (Fsp3) is 0.632. The van der Waals surface area contributed by atoms with E-state index >= 15 is 0 Å². The van der Waals surface area contributed by atoms with Crippen LogP contribution in [0.5, 0.6) is 0 Å². The molecule has 0 radical (unpaired) electrons. The summed E-state index contributed by atoms with van der Waals surface area (Å²) in [6.07, 6.45) is 2.26. The van der Waals surface area contributed by atoms with Crippen LogP contribution in [0.1, 0.15) is 26.2 Å². The number of methoxy groups -OCH3 is 1. The van der Waals surface area contributed by atoms with Crippen LogP contribution in [-0.2, 0) is 24.1 Å². The number of carbonyl (C=O) groups is 1. The van der Waals surface area contributed by atoms with Gasteiger partial charge in [0.25, 0.3) is 0 Å². The summed E-state index contributed by atoms with van der Waals surface area (Å²) in [5, 5.41) is 2.10. The topological polar surface area (TPSA) is 88.2 Å². The first-order chi connectivity index (χ1) is 13.4. The summed E-state index contributed by atoms with van der Waals surface area (Å²) in [5.74, 6) is -0.172. The summed E-state index contributed by atoms with van der Waals surface area (Å²) in [5.41, 5.74) is 0.421. The van der Waals surface area contributed by atoms with E-state index in [1.807, 2.05) is 7.05 Å². The van der Waals surface area contributed by atoms with Crippen molar-refractivity contribution >= 4 is 21.4 Å². The van der Waals surface area contributed by atoms with Crippen molar-refractivity contribution in [3.8, 4) is 0 Å². The van der Waals surface area contributed by atoms with Crippen LogP contribution >= 0.6 is 0 Å². The SMILES string of the molecule is COC1CNC(S(=O)(=O)c2ccccc2N(C(C)=O)C2CCCCN2C)CO1. The fourth-order valence-electron chi connectivity index (χ4n) is 3.86. The molecule has 3 rings (SSSR count). The van der Waals surface area contributed by atoms with Crippen LogP contribution in [0.3, 0.4) is 0 Å². The maximum atomic E-state index is 13.4. The number of anilines is 1. The van der Waals surface area contributed by atoms with Gasteiger partial charge >= 0.3 is 0 Å². The zero-order valence-corrected chi connectivity index (χ0v) is 17.4. The molecule has 0 aliphatic carbocycles. The molecule has 0 spiro atoms. The van der Waals surface area contributed by atoms with E-state index in [0.717, 1.165) is 25.8 Å². The van der Waals surface area contributed by atoms with Crippen molar-refractivity contribution in [3.05, 3.63) is 24.3 Å². The highest BCUT2D eigenvalue weighted by atomic mass is 32.2. The Morgan fingerprint density at radius 3 is 2.68 bits per heavy atom. The van der Waals surface area contributed by atoms with Crippen LogP contribution in [0.4, 0.5) is 5.69 Å². The smallest absolute Gasteiger partial charge is 0.225 e. The standard InChI is InChI=1S/C19H29N3O5S/c1-14(23)22(18-10-6-7-11-21(18)2)15-8-4-5-9-16(15)28(24,25)17-13-27-19(26-3)12-20-17/h4-5,8-9,17-20H,6-7,10-13H2,1-3H3. The van der Waals surface area contributed by atoms with Crippen molar-refractivity contribution < 1.29 is 22.7 Å². The van der Waals surface area contributed by atoms with E-state index < -0.39 is 21.5 Å². The predicted octanol–water partition coefficient (Wildman–Crippen LogP) is 1.17. The van der Waals surface area contributed by atoms with E-state index in [4.69, 9.17) is 9.47 Å². The van der Waals surface area contributed by atoms with Crippen LogP contribution in [0, 0.1) is 0 Å². The molecule has 3 atom stereocenters. The van der Waals surface area contributed by atoms with Crippen LogP contribution < -0.4 is 10.2 Å². The lowest BCUT2D eigenvalue weighted by Crippen LogP contribution is -2.53. The van der Waals surface area contributed by atoms with Crippen LogP contribution in [0.25, 0.3) is 0 Å². The Labute approximate surface area is 166 Å². The molecule has 156 valence electrons. The summed E-state index contributed by atoms with van der Waals surface area (Å²) < 4.78 is 37.3. The Morgan fingerprint density at radius 2 is 2.07 bits per heavy atom. The van der Waals surface area contributed by atoms with Crippen molar-refractivity contribution in [1.82, 2.24) is 10.2 Å². The summed E-state index contributed by atoms with van der Waals surface area (Å²) in [6, 6.07) is 6.71. The zero-order valence-electron chi connectivity index (χ0n) is 16.6. The molecule has 3 unspecified atom stereocenters. The minimum Gasteiger partial charge on any atom is -0.355 e. The highest BCUT2D eigenvalue weighted by molar-refractivity contribution is 7.92. The number of amides is 1. The van der Waals surface area contributed by atoms with Gasteiger partial charge in [-0.25, -0.2) is 8.42 Å². The lowest BCUT2D eigenvalue weighted by atomic mass is 10.1. The first-order valence-electron chi connectivity index (χ1n) is 9.57. The predicted molar refractivity (Wildman–Crippen MR) is 106 cm³/mol. The Bertz CT molecular complexity index is 793. The minimum atomic E-state index is -3.76. The average molecular weight is 412 g/mol. The molecule has 2 heterocycles. The van der Waals surface area contributed by atoms with Gasteiger partial charge in [-0.2, -0.15) is 0 Å². The zero-order chi connectivity index (χ0) is 20.3. The van der Waals surface area contributed by atoms with E-state index in [1.165, 1.54) is 14.0 Å². The van der Waals surface area contributed by atoms with E-state index in [0.29, 0.717) is 5.69 Å². The van der Waals surface area contributed by atoms with Crippen molar-refractivity contribution in [3.63, 3.8) is 0 Å². The third kappa shape index (κ3) is 4.23. The van der Waals surface area contributed by atoms with Crippen molar-refractivity contribution in [2.45, 2.75) is 48.9 Å². The van der Waals surface area contributed by atoms with Gasteiger partial charge in [0.1, 0.15) is 5.37 Å². The number of ether oxygens (including phenoxy) is 2. The van der Waals surface area contributed by atoms with Gasteiger partial charge in [0.15, 0.2) is 16.1 Å². The quantitative estimate of drug-likeness (QED) is 0.778. The highest BCUT2D eigenvalue weighted by Crippen LogP contribution is 2.32. The molecule has 1 amide bonds. The van der Waals surface area contributed by atoms with E-state index in [-0.39, 0.29) is 30.1 Å². The number of carbonyl (C=O) groups excluding carboxylic acids is 1. The molecule has 8 nitrogen and oxygen atoms in total. The van der Waals surface area contributed by atoms with E-state index in [9.17, 15) is 13.2 Å². The Morgan fingerprint density at radius 1 is 1.32 bits per heavy atom. The van der Waals surface area contributed by atoms with Crippen molar-refractivity contribution in [2.24, 2.45) is 0 Å². The molecular formula is C19H29N3O5S. The van der Waals surface area contributed by atoms with Gasteiger partial charge in [0, 0.05) is 20.6 Å². The molecule has 2 saturated heterocycles. The lowest BCUT2D eigenvalue weighted by Gasteiger charge is -2.41. The molecule has 0 aromatic heterocycles. The summed E-state index contributed by atoms with van der Waals surface area (Å²) in [4.78, 5) is 16.4. The molecule has 28 heavy (non-hydrogen) atoms. The highest BCUT2D eigenvalue weighted by Gasteiger charge is 2.37. The number of likely N-dealkylation sites (tertiary alicyclic amines) is 1. The second kappa shape index (κ2) is 8.87. The van der Waals surface area contributed by atoms with Gasteiger partial charge < -0.3 is 9.47 Å². The summed E-state index contributed by atoms with van der Waals surface area (Å²) in [7, 11) is -0.277. The van der Waals surface area contributed by atoms with E-state index in [1.54, 1.807) is 29.2 Å². The monoisotopic (exact) mass is 411 g/mol. The number of nitrogens with zero attached hydrogens (tertiary/aromatic N) is 2. The van der Waals surface area contributed by atoms with Crippen LogP contribution in [-0.4, -0.2) is 70.9 Å². The molecular weight excluding hydrogens is 382 g/mol. The number of hydrogen-bond acceptors (Lipinski definition) is 7. The molecule has 0 saturated carbocycles. The Balaban J connectivity index is 1.96. The van der Waals surface area contributed by atoms with Crippen molar-refractivity contribution in [1.29, 1.82) is 0 Å². The lowest BCUT2D eigenvalue weighted by molar-refractivity contribution is -0.139. The second-order valence-corrected chi connectivity index (χ2v) is 9.35. The van der Waals surface area contributed by atoms with Gasteiger partial charge in [-0.05, 0) is 45.0 Å². The first kappa shape index (κ1) is 21.2. The molecule has 2 fully saturated rings. The minimum absolute atomic E-state index is 0.0153. The third-order valence-electron chi connectivity index (χ3n) is 5.38. The van der Waals surface area contributed by atoms with Gasteiger partial charge in [0.05, 0.1) is 23.4 Å². The number of hydrogen-bond donors (Lipinski definition) is 1. The van der Waals surface area contributed by atoms with Crippen LogP contribution in [0.15, 0.2) is 29.2 Å². The largest absolute Gasteiger partial charge is 0.355 e. The van der Waals surface area contributed by atoms with Crippen molar-refractivity contribution in [2.75, 3.05) is 38.8 Å². The maximum Gasteiger partial charge on any atom is 0.225 e. The molecule has 2 aliphatic heterocycles. The van der Waals surface area contributed by atoms with Gasteiger partial charge in [0.2, 0.25) is 5.91 Å². The van der Waals surface area contributed by atoms with Gasteiger partial charge in [-0.3, -0.25) is 19.9 Å². The Hall–Kier alpha value is -1.52. The molecule has 1 N–H and O–H groups in total. The molecule has 1 aromatic carbocycles. The number of benzene rings is 1. The third-order valence-corrected chi connectivity index (χ3v) is 7.39. The normalized spacial score (nSPS) is 26.8. The van der Waals surface area contributed by atoms with E-state index in [2.05, 4.69) is 10.2 Å². The van der Waals surface area contributed by atoms with Gasteiger partial charge in [-0.15, -0.1) is 0 Å². The number of nitrogens with one attached hydrogen (secondary N) is 1. The number of rotatable bonds is 5. The maximum absolute atomic E-state index is 13.4. The molecule has 0 bridgehead atoms. The number of morpholine rings is 1. The number of sulfone groups is 1. The summed E-state index contributed by atoms with van der Waals surface area (Å²) >= 11 is 0. The first-order valence-corrected chi connectivity index (χ1v) is 11.1. The average Bonchev–Trinajstić information content (AvgIpc) is 2.70. The molecule has 2 aliphatic rings. The Kier molecular flexibility index (Phi) is 6.72. The molecule has 9 heteroatoms. The fourth-order valence-corrected chi connectivity index (χ4v) is 5.47. The second-order valence-electron chi connectivity index (χ2n) is 7.25. The number of piperidine rings is 1. The van der Waals surface area contributed by atoms with Gasteiger partial charge in [-0.1, -0.05) is 12.1 Å². The number of para-hydroxylation sites is 1. The molecule has 1 aromatic rings. The summed E-state index contributed by atoms with van der Waals surface area (Å²) in [6.45, 7) is 2.62. The van der Waals surface area contributed by atoms with Crippen LogP contribution in [0.2, 0.25) is 0 Å².